The van der Waals surface area contributed by atoms with Gasteiger partial charge < -0.3 is 15.8 Å². The van der Waals surface area contributed by atoms with Gasteiger partial charge in [-0.1, -0.05) is 30.3 Å². The van der Waals surface area contributed by atoms with Crippen molar-refractivity contribution in [2.24, 2.45) is 5.73 Å². The van der Waals surface area contributed by atoms with E-state index in [9.17, 15) is 9.59 Å². The second-order valence-corrected chi connectivity index (χ2v) is 6.83. The Morgan fingerprint density at radius 2 is 1.45 bits per heavy atom. The van der Waals surface area contributed by atoms with Crippen molar-refractivity contribution in [3.8, 4) is 11.5 Å². The normalized spacial score (nSPS) is 10.5. The predicted octanol–water partition coefficient (Wildman–Crippen LogP) is 4.07. The molecule has 0 unspecified atom stereocenters. The van der Waals surface area contributed by atoms with Gasteiger partial charge in [-0.25, -0.2) is 4.68 Å². The molecule has 154 valence electrons. The highest BCUT2D eigenvalue weighted by Crippen LogP contribution is 2.22. The van der Waals surface area contributed by atoms with E-state index in [0.29, 0.717) is 35.0 Å². The van der Waals surface area contributed by atoms with Crippen LogP contribution in [0.1, 0.15) is 26.3 Å². The number of hydrogen-bond donors (Lipinski definition) is 2. The Morgan fingerprint density at radius 3 is 2.06 bits per heavy atom. The van der Waals surface area contributed by atoms with E-state index < -0.39 is 5.91 Å². The van der Waals surface area contributed by atoms with Crippen LogP contribution in [0.25, 0.3) is 0 Å². The van der Waals surface area contributed by atoms with Gasteiger partial charge in [-0.05, 0) is 54.1 Å². The van der Waals surface area contributed by atoms with Gasteiger partial charge in [-0.15, -0.1) is 0 Å². The van der Waals surface area contributed by atoms with Gasteiger partial charge in [0.05, 0.1) is 12.7 Å². The van der Waals surface area contributed by atoms with Crippen molar-refractivity contribution in [1.82, 2.24) is 9.78 Å². The number of amides is 2. The highest BCUT2D eigenvalue weighted by Gasteiger charge is 2.11. The minimum absolute atomic E-state index is 0.243. The van der Waals surface area contributed by atoms with Crippen molar-refractivity contribution >= 4 is 17.6 Å². The lowest BCUT2D eigenvalue weighted by molar-refractivity contribution is 0.0997. The van der Waals surface area contributed by atoms with Crippen LogP contribution >= 0.6 is 0 Å². The van der Waals surface area contributed by atoms with E-state index >= 15 is 0 Å². The number of anilines is 1. The molecule has 0 spiro atoms. The van der Waals surface area contributed by atoms with Crippen LogP contribution in [-0.2, 0) is 6.54 Å². The number of rotatable bonds is 7. The van der Waals surface area contributed by atoms with Crippen LogP contribution in [0.5, 0.6) is 11.5 Å². The molecule has 0 aliphatic heterocycles. The smallest absolute Gasteiger partial charge is 0.256 e. The largest absolute Gasteiger partial charge is 0.457 e. The number of carbonyl (C=O) groups is 2. The molecule has 0 aliphatic carbocycles. The van der Waals surface area contributed by atoms with E-state index in [1.54, 1.807) is 65.5 Å². The molecule has 1 heterocycles. The summed E-state index contributed by atoms with van der Waals surface area (Å²) in [6.45, 7) is 0.560. The maximum atomic E-state index is 12.7. The zero-order valence-electron chi connectivity index (χ0n) is 16.6. The third kappa shape index (κ3) is 4.97. The Hall–Kier alpha value is -4.39. The Morgan fingerprint density at radius 1 is 0.839 bits per heavy atom. The van der Waals surface area contributed by atoms with Gasteiger partial charge in [0.1, 0.15) is 17.3 Å². The molecule has 7 nitrogen and oxygen atoms in total. The molecule has 1 aromatic heterocycles. The average Bonchev–Trinajstić information content (AvgIpc) is 3.21. The standard InChI is InChI=1S/C24H20N4O3/c25-23(29)18-6-10-20(11-7-18)31-21-12-8-19(9-13-21)24(30)27-22-14-15-26-28(22)16-17-4-2-1-3-5-17/h1-15H,16H2,(H2,25,29)(H,27,30). The van der Waals surface area contributed by atoms with E-state index in [1.807, 2.05) is 30.3 Å². The highest BCUT2D eigenvalue weighted by molar-refractivity contribution is 6.03. The number of benzene rings is 3. The highest BCUT2D eigenvalue weighted by atomic mass is 16.5. The van der Waals surface area contributed by atoms with Crippen LogP contribution in [0.3, 0.4) is 0 Å². The van der Waals surface area contributed by atoms with Crippen LogP contribution in [0, 0.1) is 0 Å². The number of nitrogens with zero attached hydrogens (tertiary/aromatic N) is 2. The van der Waals surface area contributed by atoms with Crippen molar-refractivity contribution in [1.29, 1.82) is 0 Å². The summed E-state index contributed by atoms with van der Waals surface area (Å²) in [4.78, 5) is 23.8. The van der Waals surface area contributed by atoms with Gasteiger partial charge in [0.2, 0.25) is 5.91 Å². The molecule has 0 fully saturated rings. The van der Waals surface area contributed by atoms with Gasteiger partial charge in [0, 0.05) is 17.2 Å². The number of nitrogens with one attached hydrogen (secondary N) is 1. The number of nitrogens with two attached hydrogens (primary N) is 1. The van der Waals surface area contributed by atoms with E-state index in [1.165, 1.54) is 0 Å². The van der Waals surface area contributed by atoms with E-state index in [-0.39, 0.29) is 5.91 Å². The van der Waals surface area contributed by atoms with Crippen molar-refractivity contribution in [2.45, 2.75) is 6.54 Å². The molecule has 4 rings (SSSR count). The van der Waals surface area contributed by atoms with Crippen molar-refractivity contribution in [3.63, 3.8) is 0 Å². The van der Waals surface area contributed by atoms with Gasteiger partial charge >= 0.3 is 0 Å². The quantitative estimate of drug-likeness (QED) is 0.478. The Kier molecular flexibility index (Phi) is 5.75. The lowest BCUT2D eigenvalue weighted by atomic mass is 10.2. The molecule has 2 amide bonds. The summed E-state index contributed by atoms with van der Waals surface area (Å²) in [7, 11) is 0. The summed E-state index contributed by atoms with van der Waals surface area (Å²) in [5, 5.41) is 7.18. The maximum Gasteiger partial charge on any atom is 0.256 e. The van der Waals surface area contributed by atoms with Gasteiger partial charge in [-0.2, -0.15) is 5.10 Å². The number of carbonyl (C=O) groups excluding carboxylic acids is 2. The van der Waals surface area contributed by atoms with E-state index in [0.717, 1.165) is 5.56 Å². The summed E-state index contributed by atoms with van der Waals surface area (Å²) in [6, 6.07) is 24.9. The molecular formula is C24H20N4O3. The molecule has 0 saturated heterocycles. The third-order valence-electron chi connectivity index (χ3n) is 4.62. The Bertz CT molecular complexity index is 1180. The number of primary amides is 1. The van der Waals surface area contributed by atoms with Crippen molar-refractivity contribution in [3.05, 3.63) is 108 Å². The van der Waals surface area contributed by atoms with Crippen LogP contribution in [0.15, 0.2) is 91.1 Å². The van der Waals surface area contributed by atoms with E-state index in [2.05, 4.69) is 10.4 Å². The summed E-state index contributed by atoms with van der Waals surface area (Å²) < 4.78 is 7.48. The first-order chi connectivity index (χ1) is 15.1. The van der Waals surface area contributed by atoms with Crippen LogP contribution < -0.4 is 15.8 Å². The second kappa shape index (κ2) is 8.96. The fourth-order valence-corrected chi connectivity index (χ4v) is 3.01. The number of aromatic nitrogens is 2. The molecule has 0 bridgehead atoms. The molecule has 3 aromatic carbocycles. The fourth-order valence-electron chi connectivity index (χ4n) is 3.01. The number of ether oxygens (including phenoxy) is 1. The van der Waals surface area contributed by atoms with E-state index in [4.69, 9.17) is 10.5 Å². The zero-order chi connectivity index (χ0) is 21.6. The zero-order valence-corrected chi connectivity index (χ0v) is 16.6. The average molecular weight is 412 g/mol. The summed E-state index contributed by atoms with van der Waals surface area (Å²) in [6.07, 6.45) is 1.65. The molecule has 7 heteroatoms. The molecule has 0 saturated carbocycles. The fraction of sp³-hybridized carbons (Fsp3) is 0.0417. The predicted molar refractivity (Wildman–Crippen MR) is 117 cm³/mol. The van der Waals surface area contributed by atoms with Crippen LogP contribution in [-0.4, -0.2) is 21.6 Å². The SMILES string of the molecule is NC(=O)c1ccc(Oc2ccc(C(=O)Nc3ccnn3Cc3ccccc3)cc2)cc1. The lowest BCUT2D eigenvalue weighted by Gasteiger charge is -2.10. The summed E-state index contributed by atoms with van der Waals surface area (Å²) in [5.74, 6) is 1.01. The summed E-state index contributed by atoms with van der Waals surface area (Å²) >= 11 is 0. The van der Waals surface area contributed by atoms with Gasteiger partial charge in [0.15, 0.2) is 0 Å². The van der Waals surface area contributed by atoms with Gasteiger partial charge in [-0.3, -0.25) is 9.59 Å². The van der Waals surface area contributed by atoms with Crippen molar-refractivity contribution in [2.75, 3.05) is 5.32 Å². The first kappa shape index (κ1) is 19.9. The molecule has 0 aliphatic rings. The molecule has 31 heavy (non-hydrogen) atoms. The first-order valence-electron chi connectivity index (χ1n) is 9.63. The minimum atomic E-state index is -0.493. The molecular weight excluding hydrogens is 392 g/mol. The second-order valence-electron chi connectivity index (χ2n) is 6.83. The molecule has 3 N–H and O–H groups in total. The minimum Gasteiger partial charge on any atom is -0.457 e. The monoisotopic (exact) mass is 412 g/mol. The van der Waals surface area contributed by atoms with Gasteiger partial charge in [0.25, 0.3) is 5.91 Å². The van der Waals surface area contributed by atoms with Crippen molar-refractivity contribution < 1.29 is 14.3 Å². The molecule has 0 radical (unpaired) electrons. The summed E-state index contributed by atoms with van der Waals surface area (Å²) in [5.41, 5.74) is 7.22. The lowest BCUT2D eigenvalue weighted by Crippen LogP contribution is -2.16. The first-order valence-corrected chi connectivity index (χ1v) is 9.63. The topological polar surface area (TPSA) is 99.2 Å². The third-order valence-corrected chi connectivity index (χ3v) is 4.62. The Labute approximate surface area is 179 Å². The molecule has 0 atom stereocenters. The van der Waals surface area contributed by atoms with Crippen LogP contribution in [0.4, 0.5) is 5.82 Å². The molecule has 4 aromatic rings. The Balaban J connectivity index is 1.40. The van der Waals surface area contributed by atoms with Crippen LogP contribution in [0.2, 0.25) is 0 Å². The maximum absolute atomic E-state index is 12.7. The number of hydrogen-bond acceptors (Lipinski definition) is 4.